The van der Waals surface area contributed by atoms with Crippen molar-refractivity contribution in [2.24, 2.45) is 5.73 Å². The lowest BCUT2D eigenvalue weighted by molar-refractivity contribution is 0.466. The van der Waals surface area contributed by atoms with Crippen molar-refractivity contribution in [2.75, 3.05) is 0 Å². The summed E-state index contributed by atoms with van der Waals surface area (Å²) in [6.45, 7) is 0. The van der Waals surface area contributed by atoms with E-state index in [0.717, 1.165) is 17.3 Å². The fourth-order valence-electron chi connectivity index (χ4n) is 2.96. The average molecular weight is 290 g/mol. The molecule has 88 valence electrons. The standard InChI is InChI=1S/C15H16BrN/c16-12-6-7-13-11(10-12)4-3-5-14(13)15(17)8-1-2-9-15/h3-7,10H,1-2,8-9,17H2. The first kappa shape index (κ1) is 11.2. The van der Waals surface area contributed by atoms with Crippen LogP contribution in [0.15, 0.2) is 40.9 Å². The van der Waals surface area contributed by atoms with Crippen molar-refractivity contribution in [3.8, 4) is 0 Å². The SMILES string of the molecule is NC1(c2cccc3cc(Br)ccc23)CCCC1. The van der Waals surface area contributed by atoms with Crippen molar-refractivity contribution in [1.82, 2.24) is 0 Å². The van der Waals surface area contributed by atoms with Crippen molar-refractivity contribution in [2.45, 2.75) is 31.2 Å². The zero-order valence-electron chi connectivity index (χ0n) is 9.75. The Labute approximate surface area is 110 Å². The minimum absolute atomic E-state index is 0.104. The van der Waals surface area contributed by atoms with Gasteiger partial charge in [-0.15, -0.1) is 0 Å². The molecule has 0 spiro atoms. The van der Waals surface area contributed by atoms with E-state index in [4.69, 9.17) is 5.73 Å². The third-order valence-corrected chi connectivity index (χ3v) is 4.37. The molecule has 0 aromatic heterocycles. The van der Waals surface area contributed by atoms with Crippen LogP contribution in [0.4, 0.5) is 0 Å². The van der Waals surface area contributed by atoms with Gasteiger partial charge in [-0.1, -0.05) is 53.0 Å². The number of nitrogens with two attached hydrogens (primary N) is 1. The van der Waals surface area contributed by atoms with Gasteiger partial charge in [-0.25, -0.2) is 0 Å². The maximum Gasteiger partial charge on any atom is 0.0415 e. The number of hydrogen-bond acceptors (Lipinski definition) is 1. The predicted octanol–water partition coefficient (Wildman–Crippen LogP) is 4.33. The maximum atomic E-state index is 6.57. The van der Waals surface area contributed by atoms with Gasteiger partial charge < -0.3 is 5.73 Å². The number of halogens is 1. The highest BCUT2D eigenvalue weighted by Gasteiger charge is 2.32. The van der Waals surface area contributed by atoms with Crippen LogP contribution in [-0.2, 0) is 5.54 Å². The number of fused-ring (bicyclic) bond motifs is 1. The molecule has 1 aliphatic rings. The molecular weight excluding hydrogens is 274 g/mol. The zero-order chi connectivity index (χ0) is 11.9. The fraction of sp³-hybridized carbons (Fsp3) is 0.333. The first-order valence-electron chi connectivity index (χ1n) is 6.17. The Kier molecular flexibility index (Phi) is 2.72. The first-order valence-corrected chi connectivity index (χ1v) is 6.96. The Morgan fingerprint density at radius 2 is 1.82 bits per heavy atom. The van der Waals surface area contributed by atoms with Crippen molar-refractivity contribution in [3.05, 3.63) is 46.4 Å². The topological polar surface area (TPSA) is 26.0 Å². The van der Waals surface area contributed by atoms with Crippen LogP contribution >= 0.6 is 15.9 Å². The monoisotopic (exact) mass is 289 g/mol. The highest BCUT2D eigenvalue weighted by molar-refractivity contribution is 9.10. The van der Waals surface area contributed by atoms with Crippen molar-refractivity contribution in [3.63, 3.8) is 0 Å². The van der Waals surface area contributed by atoms with Gasteiger partial charge in [0.25, 0.3) is 0 Å². The van der Waals surface area contributed by atoms with E-state index in [1.807, 2.05) is 0 Å². The van der Waals surface area contributed by atoms with E-state index < -0.39 is 0 Å². The molecule has 1 saturated carbocycles. The van der Waals surface area contributed by atoms with Crippen LogP contribution in [0.2, 0.25) is 0 Å². The van der Waals surface area contributed by atoms with Crippen molar-refractivity contribution >= 4 is 26.7 Å². The largest absolute Gasteiger partial charge is 0.321 e. The molecule has 0 amide bonds. The minimum atomic E-state index is -0.104. The van der Waals surface area contributed by atoms with E-state index in [1.165, 1.54) is 29.2 Å². The normalized spacial score (nSPS) is 18.7. The van der Waals surface area contributed by atoms with Gasteiger partial charge >= 0.3 is 0 Å². The van der Waals surface area contributed by atoms with Crippen LogP contribution in [0, 0.1) is 0 Å². The van der Waals surface area contributed by atoms with E-state index in [-0.39, 0.29) is 5.54 Å². The summed E-state index contributed by atoms with van der Waals surface area (Å²) in [4.78, 5) is 0. The molecule has 1 aliphatic carbocycles. The number of benzene rings is 2. The van der Waals surface area contributed by atoms with Crippen LogP contribution in [-0.4, -0.2) is 0 Å². The Hall–Kier alpha value is -0.860. The Bertz CT molecular complexity index is 556. The lowest BCUT2D eigenvalue weighted by Gasteiger charge is -2.26. The molecule has 2 aromatic rings. The fourth-order valence-corrected chi connectivity index (χ4v) is 3.34. The molecule has 0 radical (unpaired) electrons. The van der Waals surface area contributed by atoms with E-state index in [2.05, 4.69) is 52.3 Å². The molecule has 0 bridgehead atoms. The molecule has 0 unspecified atom stereocenters. The molecule has 1 fully saturated rings. The van der Waals surface area contributed by atoms with Gasteiger partial charge in [-0.05, 0) is 41.3 Å². The van der Waals surface area contributed by atoms with Gasteiger partial charge in [-0.2, -0.15) is 0 Å². The zero-order valence-corrected chi connectivity index (χ0v) is 11.3. The van der Waals surface area contributed by atoms with Crippen LogP contribution in [0.25, 0.3) is 10.8 Å². The van der Waals surface area contributed by atoms with E-state index >= 15 is 0 Å². The second kappa shape index (κ2) is 4.11. The molecule has 0 aliphatic heterocycles. The molecule has 0 saturated heterocycles. The van der Waals surface area contributed by atoms with Gasteiger partial charge in [0, 0.05) is 10.0 Å². The molecule has 2 heteroatoms. The molecule has 2 N–H and O–H groups in total. The van der Waals surface area contributed by atoms with Gasteiger partial charge in [-0.3, -0.25) is 0 Å². The highest BCUT2D eigenvalue weighted by atomic mass is 79.9. The second-order valence-corrected chi connectivity index (χ2v) is 5.95. The number of hydrogen-bond donors (Lipinski definition) is 1. The molecule has 17 heavy (non-hydrogen) atoms. The van der Waals surface area contributed by atoms with E-state index in [9.17, 15) is 0 Å². The maximum absolute atomic E-state index is 6.57. The Balaban J connectivity index is 2.23. The summed E-state index contributed by atoms with van der Waals surface area (Å²) >= 11 is 3.52. The molecule has 2 aromatic carbocycles. The van der Waals surface area contributed by atoms with Crippen LogP contribution < -0.4 is 5.73 Å². The van der Waals surface area contributed by atoms with Crippen LogP contribution in [0.5, 0.6) is 0 Å². The third kappa shape index (κ3) is 1.90. The van der Waals surface area contributed by atoms with Gasteiger partial charge in [0.05, 0.1) is 0 Å². The number of rotatable bonds is 1. The highest BCUT2D eigenvalue weighted by Crippen LogP contribution is 2.39. The van der Waals surface area contributed by atoms with Gasteiger partial charge in [0.15, 0.2) is 0 Å². The quantitative estimate of drug-likeness (QED) is 0.831. The molecule has 3 rings (SSSR count). The summed E-state index contributed by atoms with van der Waals surface area (Å²) in [6, 6.07) is 12.9. The summed E-state index contributed by atoms with van der Waals surface area (Å²) in [5.74, 6) is 0. The smallest absolute Gasteiger partial charge is 0.0415 e. The van der Waals surface area contributed by atoms with Crippen molar-refractivity contribution in [1.29, 1.82) is 0 Å². The molecular formula is C15H16BrN. The summed E-state index contributed by atoms with van der Waals surface area (Å²) < 4.78 is 1.12. The van der Waals surface area contributed by atoms with Crippen molar-refractivity contribution < 1.29 is 0 Å². The third-order valence-electron chi connectivity index (χ3n) is 3.87. The van der Waals surface area contributed by atoms with E-state index in [1.54, 1.807) is 0 Å². The van der Waals surface area contributed by atoms with Gasteiger partial charge in [0.2, 0.25) is 0 Å². The van der Waals surface area contributed by atoms with E-state index in [0.29, 0.717) is 0 Å². The predicted molar refractivity (Wildman–Crippen MR) is 76.0 cm³/mol. The second-order valence-electron chi connectivity index (χ2n) is 5.03. The molecule has 1 nitrogen and oxygen atoms in total. The minimum Gasteiger partial charge on any atom is -0.321 e. The van der Waals surface area contributed by atoms with Gasteiger partial charge in [0.1, 0.15) is 0 Å². The summed E-state index contributed by atoms with van der Waals surface area (Å²) in [6.07, 6.45) is 4.73. The summed E-state index contributed by atoms with van der Waals surface area (Å²) in [5.41, 5.74) is 7.79. The van der Waals surface area contributed by atoms with Crippen LogP contribution in [0.1, 0.15) is 31.2 Å². The molecule has 0 atom stereocenters. The Morgan fingerprint density at radius 1 is 1.06 bits per heavy atom. The Morgan fingerprint density at radius 3 is 2.59 bits per heavy atom. The van der Waals surface area contributed by atoms with Crippen LogP contribution in [0.3, 0.4) is 0 Å². The lowest BCUT2D eigenvalue weighted by Crippen LogP contribution is -2.33. The molecule has 0 heterocycles. The lowest BCUT2D eigenvalue weighted by atomic mass is 9.86. The summed E-state index contributed by atoms with van der Waals surface area (Å²) in [7, 11) is 0. The summed E-state index contributed by atoms with van der Waals surface area (Å²) in [5, 5.41) is 2.58. The first-order chi connectivity index (χ1) is 8.19. The average Bonchev–Trinajstić information content (AvgIpc) is 2.76.